The summed E-state index contributed by atoms with van der Waals surface area (Å²) in [6, 6.07) is 8.90. The van der Waals surface area contributed by atoms with Crippen molar-refractivity contribution in [1.29, 1.82) is 0 Å². The van der Waals surface area contributed by atoms with E-state index in [9.17, 15) is 13.6 Å². The summed E-state index contributed by atoms with van der Waals surface area (Å²) in [4.78, 5) is -0.205. The Morgan fingerprint density at radius 3 is 2.52 bits per heavy atom. The molecule has 0 aliphatic heterocycles. The van der Waals surface area contributed by atoms with E-state index >= 15 is 0 Å². The molecule has 2 rings (SSSR count). The maximum Gasteiger partial charge on any atom is 0.242 e. The van der Waals surface area contributed by atoms with Crippen LogP contribution in [0.2, 0.25) is 5.02 Å². The van der Waals surface area contributed by atoms with Crippen molar-refractivity contribution in [2.24, 2.45) is 0 Å². The van der Waals surface area contributed by atoms with E-state index in [0.717, 1.165) is 6.07 Å². The van der Waals surface area contributed by atoms with Gasteiger partial charge in [-0.15, -0.1) is 0 Å². The number of hydrogen-bond donors (Lipinski definition) is 1. The Hall–Kier alpha value is -2.29. The molecule has 0 radical (unpaired) electrons. The highest BCUT2D eigenvalue weighted by Crippen LogP contribution is 2.28. The van der Waals surface area contributed by atoms with Crippen molar-refractivity contribution < 1.29 is 22.6 Å². The summed E-state index contributed by atoms with van der Waals surface area (Å²) in [6.07, 6.45) is 0. The molecule has 0 aliphatic carbocycles. The van der Waals surface area contributed by atoms with Crippen LogP contribution in [0, 0.1) is 5.21 Å². The molecule has 0 amide bonds. The van der Waals surface area contributed by atoms with Gasteiger partial charge in [-0.25, -0.2) is 13.1 Å². The average Bonchev–Trinajstić information content (AvgIpc) is 2.59. The standard InChI is InChI=1S/C16H17ClN2O5S/c1-19(20)12-5-7-14(17)16(8-12)25(21,22)18-10-11-4-6-13(23-2)9-15(11)24-3/h4-9,18H,1,10H2,2-3H3. The van der Waals surface area contributed by atoms with E-state index in [-0.39, 0.29) is 22.2 Å². The molecule has 0 fully saturated rings. The number of nitrogens with one attached hydrogen (secondary N) is 1. The molecule has 0 aliphatic rings. The van der Waals surface area contributed by atoms with Crippen LogP contribution in [0.25, 0.3) is 0 Å². The Labute approximate surface area is 151 Å². The van der Waals surface area contributed by atoms with Crippen molar-refractivity contribution in [3.05, 3.63) is 52.2 Å². The van der Waals surface area contributed by atoms with Crippen molar-refractivity contribution in [1.82, 2.24) is 4.72 Å². The fraction of sp³-hybridized carbons (Fsp3) is 0.188. The molecule has 2 aromatic rings. The highest BCUT2D eigenvalue weighted by atomic mass is 35.5. The van der Waals surface area contributed by atoms with Gasteiger partial charge < -0.3 is 14.7 Å². The van der Waals surface area contributed by atoms with Crippen molar-refractivity contribution >= 4 is 34.0 Å². The third kappa shape index (κ3) is 4.41. The van der Waals surface area contributed by atoms with Crippen LogP contribution >= 0.6 is 11.6 Å². The van der Waals surface area contributed by atoms with Gasteiger partial charge in [-0.1, -0.05) is 17.7 Å². The van der Waals surface area contributed by atoms with Crippen LogP contribution in [0.1, 0.15) is 5.56 Å². The Morgan fingerprint density at radius 2 is 1.92 bits per heavy atom. The highest BCUT2D eigenvalue weighted by molar-refractivity contribution is 7.89. The lowest BCUT2D eigenvalue weighted by atomic mass is 10.2. The van der Waals surface area contributed by atoms with Crippen LogP contribution in [0.3, 0.4) is 0 Å². The third-order valence-corrected chi connectivity index (χ3v) is 5.32. The minimum Gasteiger partial charge on any atom is -0.619 e. The normalized spacial score (nSPS) is 11.2. The summed E-state index contributed by atoms with van der Waals surface area (Å²) in [6.45, 7) is 3.16. The molecule has 1 N–H and O–H groups in total. The largest absolute Gasteiger partial charge is 0.619 e. The van der Waals surface area contributed by atoms with Crippen LogP contribution in [0.4, 0.5) is 5.69 Å². The molecule has 134 valence electrons. The Morgan fingerprint density at radius 1 is 1.20 bits per heavy atom. The SMILES string of the molecule is C=[N+]([O-])c1ccc(Cl)c(S(=O)(=O)NCc2ccc(OC)cc2OC)c1. The van der Waals surface area contributed by atoms with E-state index in [1.807, 2.05) is 0 Å². The molecule has 0 saturated heterocycles. The van der Waals surface area contributed by atoms with Gasteiger partial charge in [0, 0.05) is 30.3 Å². The zero-order valence-electron chi connectivity index (χ0n) is 13.7. The number of sulfonamides is 1. The molecular weight excluding hydrogens is 368 g/mol. The number of halogens is 1. The first-order valence-corrected chi connectivity index (χ1v) is 8.92. The molecule has 25 heavy (non-hydrogen) atoms. The first kappa shape index (κ1) is 19.0. The predicted octanol–water partition coefficient (Wildman–Crippen LogP) is 2.68. The van der Waals surface area contributed by atoms with Gasteiger partial charge in [0.15, 0.2) is 0 Å². The van der Waals surface area contributed by atoms with Crippen molar-refractivity contribution in [3.63, 3.8) is 0 Å². The third-order valence-electron chi connectivity index (χ3n) is 3.44. The van der Waals surface area contributed by atoms with Gasteiger partial charge in [-0.3, -0.25) is 0 Å². The monoisotopic (exact) mass is 384 g/mol. The summed E-state index contributed by atoms with van der Waals surface area (Å²) in [5, 5.41) is 11.3. The molecule has 0 atom stereocenters. The minimum atomic E-state index is -3.95. The summed E-state index contributed by atoms with van der Waals surface area (Å²) < 4.78 is 38.1. The van der Waals surface area contributed by atoms with Gasteiger partial charge in [0.05, 0.1) is 19.2 Å². The average molecular weight is 385 g/mol. The van der Waals surface area contributed by atoms with E-state index in [1.165, 1.54) is 26.4 Å². The van der Waals surface area contributed by atoms with E-state index in [1.54, 1.807) is 18.2 Å². The second kappa shape index (κ2) is 7.73. The van der Waals surface area contributed by atoms with Crippen LogP contribution in [-0.2, 0) is 16.6 Å². The van der Waals surface area contributed by atoms with Crippen molar-refractivity contribution in [3.8, 4) is 11.5 Å². The van der Waals surface area contributed by atoms with Crippen LogP contribution in [-0.4, -0.2) is 34.1 Å². The Bertz CT molecular complexity index is 899. The van der Waals surface area contributed by atoms with Crippen molar-refractivity contribution in [2.45, 2.75) is 11.4 Å². The lowest BCUT2D eigenvalue weighted by molar-refractivity contribution is -0.350. The Kier molecular flexibility index (Phi) is 5.89. The van der Waals surface area contributed by atoms with Gasteiger partial charge >= 0.3 is 0 Å². The molecular formula is C16H17ClN2O5S. The summed E-state index contributed by atoms with van der Waals surface area (Å²) in [5.74, 6) is 1.07. The molecule has 0 unspecified atom stereocenters. The second-order valence-corrected chi connectivity index (χ2v) is 7.14. The fourth-order valence-electron chi connectivity index (χ4n) is 2.10. The van der Waals surface area contributed by atoms with E-state index in [4.69, 9.17) is 21.1 Å². The number of ether oxygens (including phenoxy) is 2. The second-order valence-electron chi connectivity index (χ2n) is 5.00. The topological polar surface area (TPSA) is 90.7 Å². The lowest BCUT2D eigenvalue weighted by Crippen LogP contribution is -2.24. The van der Waals surface area contributed by atoms with E-state index in [0.29, 0.717) is 21.8 Å². The number of hydrogen-bond acceptors (Lipinski definition) is 5. The van der Waals surface area contributed by atoms with E-state index < -0.39 is 10.0 Å². The molecule has 2 aromatic carbocycles. The molecule has 0 saturated carbocycles. The zero-order chi connectivity index (χ0) is 18.6. The molecule has 0 aromatic heterocycles. The van der Waals surface area contributed by atoms with Crippen LogP contribution < -0.4 is 14.2 Å². The highest BCUT2D eigenvalue weighted by Gasteiger charge is 2.21. The predicted molar refractivity (Wildman–Crippen MR) is 95.4 cm³/mol. The quantitative estimate of drug-likeness (QED) is 0.343. The minimum absolute atomic E-state index is 0.000189. The molecule has 0 spiro atoms. The van der Waals surface area contributed by atoms with Crippen molar-refractivity contribution in [2.75, 3.05) is 14.2 Å². The molecule has 7 nitrogen and oxygen atoms in total. The molecule has 0 heterocycles. The number of benzene rings is 2. The van der Waals surface area contributed by atoms with Gasteiger partial charge in [-0.05, 0) is 12.1 Å². The first-order chi connectivity index (χ1) is 11.8. The van der Waals surface area contributed by atoms with Gasteiger partial charge in [0.1, 0.15) is 23.1 Å². The Balaban J connectivity index is 2.28. The summed E-state index contributed by atoms with van der Waals surface area (Å²) in [5.41, 5.74) is 0.688. The summed E-state index contributed by atoms with van der Waals surface area (Å²) >= 11 is 5.96. The smallest absolute Gasteiger partial charge is 0.242 e. The van der Waals surface area contributed by atoms with Crippen LogP contribution in [0.5, 0.6) is 11.5 Å². The maximum absolute atomic E-state index is 12.5. The lowest BCUT2D eigenvalue weighted by Gasteiger charge is -2.12. The fourth-order valence-corrected chi connectivity index (χ4v) is 3.63. The first-order valence-electron chi connectivity index (χ1n) is 7.06. The number of methoxy groups -OCH3 is 2. The van der Waals surface area contributed by atoms with E-state index in [2.05, 4.69) is 11.4 Å². The van der Waals surface area contributed by atoms with Gasteiger partial charge in [-0.2, -0.15) is 4.74 Å². The maximum atomic E-state index is 12.5. The molecule has 9 heteroatoms. The van der Waals surface area contributed by atoms with Crippen LogP contribution in [0.15, 0.2) is 41.3 Å². The molecule has 0 bridgehead atoms. The summed E-state index contributed by atoms with van der Waals surface area (Å²) in [7, 11) is -0.950. The van der Waals surface area contributed by atoms with Gasteiger partial charge in [0.25, 0.3) is 0 Å². The van der Waals surface area contributed by atoms with Gasteiger partial charge in [0.2, 0.25) is 15.7 Å². The number of nitrogens with zero attached hydrogens (tertiary/aromatic N) is 1. The number of rotatable bonds is 7. The zero-order valence-corrected chi connectivity index (χ0v) is 15.2.